The Morgan fingerprint density at radius 2 is 2.16 bits per heavy atom. The third kappa shape index (κ3) is 3.97. The number of likely N-dealkylation sites (tertiary alicyclic amines) is 1. The van der Waals surface area contributed by atoms with Crippen molar-refractivity contribution in [2.45, 2.75) is 38.2 Å². The lowest BCUT2D eigenvalue weighted by atomic mass is 10.1. The first-order valence-corrected chi connectivity index (χ1v) is 7.06. The molecule has 2 rings (SSSR count). The van der Waals surface area contributed by atoms with Gasteiger partial charge >= 0.3 is 0 Å². The first kappa shape index (κ1) is 13.9. The molecule has 2 heterocycles. The topological polar surface area (TPSA) is 65.4 Å². The lowest BCUT2D eigenvalue weighted by Crippen LogP contribution is -2.36. The summed E-state index contributed by atoms with van der Waals surface area (Å²) >= 11 is 0. The Labute approximate surface area is 114 Å². The number of piperidine rings is 1. The summed E-state index contributed by atoms with van der Waals surface area (Å²) in [5.41, 5.74) is 0.194. The van der Waals surface area contributed by atoms with Gasteiger partial charge in [-0.3, -0.25) is 4.79 Å². The highest BCUT2D eigenvalue weighted by Crippen LogP contribution is 2.12. The lowest BCUT2D eigenvalue weighted by Gasteiger charge is -2.26. The second-order valence-electron chi connectivity index (χ2n) is 5.07. The normalized spacial score (nSPS) is 24.1. The van der Waals surface area contributed by atoms with Crippen LogP contribution in [0.5, 0.6) is 0 Å². The van der Waals surface area contributed by atoms with Gasteiger partial charge in [0.05, 0.1) is 6.10 Å². The summed E-state index contributed by atoms with van der Waals surface area (Å²) < 4.78 is 5.48. The second-order valence-corrected chi connectivity index (χ2v) is 5.07. The molecule has 0 aromatic carbocycles. The molecular weight excluding hydrogens is 242 g/mol. The van der Waals surface area contributed by atoms with Gasteiger partial charge in [-0.1, -0.05) is 0 Å². The zero-order chi connectivity index (χ0) is 13.5. The van der Waals surface area contributed by atoms with Crippen LogP contribution in [0.25, 0.3) is 0 Å². The van der Waals surface area contributed by atoms with Crippen molar-refractivity contribution in [2.24, 2.45) is 0 Å². The number of rotatable bonds is 4. The average molecular weight is 263 g/mol. The van der Waals surface area contributed by atoms with Crippen molar-refractivity contribution in [3.8, 4) is 6.07 Å². The summed E-state index contributed by atoms with van der Waals surface area (Å²) in [4.78, 5) is 13.9. The number of ether oxygens (including phenoxy) is 1. The molecule has 0 aromatic heterocycles. The van der Waals surface area contributed by atoms with Gasteiger partial charge in [0, 0.05) is 32.4 Å². The summed E-state index contributed by atoms with van der Waals surface area (Å²) in [6.07, 6.45) is 7.13. The average Bonchev–Trinajstić information content (AvgIpc) is 2.97. The van der Waals surface area contributed by atoms with Gasteiger partial charge in [-0.05, 0) is 32.1 Å². The van der Waals surface area contributed by atoms with E-state index in [0.29, 0.717) is 6.54 Å². The van der Waals surface area contributed by atoms with Crippen LogP contribution >= 0.6 is 0 Å². The van der Waals surface area contributed by atoms with Crippen LogP contribution in [-0.4, -0.2) is 43.2 Å². The fourth-order valence-electron chi connectivity index (χ4n) is 2.51. The Balaban J connectivity index is 1.83. The molecule has 1 amide bonds. The van der Waals surface area contributed by atoms with E-state index in [-0.39, 0.29) is 17.6 Å². The molecule has 0 bridgehead atoms. The van der Waals surface area contributed by atoms with Crippen molar-refractivity contribution < 1.29 is 9.53 Å². The number of nitrogens with zero attached hydrogens (tertiary/aromatic N) is 2. The fraction of sp³-hybridized carbons (Fsp3) is 0.714. The van der Waals surface area contributed by atoms with Gasteiger partial charge in [0.25, 0.3) is 5.91 Å². The molecule has 2 aliphatic rings. The molecule has 104 valence electrons. The molecule has 1 unspecified atom stereocenters. The summed E-state index contributed by atoms with van der Waals surface area (Å²) in [6, 6.07) is 1.99. The van der Waals surface area contributed by atoms with Crippen molar-refractivity contribution in [3.63, 3.8) is 0 Å². The van der Waals surface area contributed by atoms with E-state index >= 15 is 0 Å². The third-order valence-electron chi connectivity index (χ3n) is 3.61. The van der Waals surface area contributed by atoms with Crippen molar-refractivity contribution in [2.75, 3.05) is 26.2 Å². The standard InChI is InChI=1S/C14H21N3O2/c15-9-12(10-16-11-13-5-4-8-19-13)14(18)17-6-2-1-3-7-17/h10,13,16H,1-8,11H2/b12-10-. The molecule has 2 saturated heterocycles. The van der Waals surface area contributed by atoms with Crippen LogP contribution in [0.4, 0.5) is 0 Å². The Bertz CT molecular complexity index is 375. The third-order valence-corrected chi connectivity index (χ3v) is 3.61. The van der Waals surface area contributed by atoms with Crippen LogP contribution in [-0.2, 0) is 9.53 Å². The number of carbonyl (C=O) groups excluding carboxylic acids is 1. The van der Waals surface area contributed by atoms with E-state index in [1.165, 1.54) is 6.42 Å². The maximum atomic E-state index is 12.1. The van der Waals surface area contributed by atoms with Crippen LogP contribution < -0.4 is 5.32 Å². The van der Waals surface area contributed by atoms with Crippen molar-refractivity contribution in [1.29, 1.82) is 5.26 Å². The van der Waals surface area contributed by atoms with Crippen LogP contribution in [0.2, 0.25) is 0 Å². The summed E-state index contributed by atoms with van der Waals surface area (Å²) in [6.45, 7) is 3.01. The molecule has 5 nitrogen and oxygen atoms in total. The van der Waals surface area contributed by atoms with Crippen LogP contribution in [0, 0.1) is 11.3 Å². The lowest BCUT2D eigenvalue weighted by molar-refractivity contribution is -0.127. The van der Waals surface area contributed by atoms with Gasteiger partial charge in [0.15, 0.2) is 0 Å². The maximum absolute atomic E-state index is 12.1. The zero-order valence-corrected chi connectivity index (χ0v) is 11.2. The Morgan fingerprint density at radius 3 is 2.79 bits per heavy atom. The highest BCUT2D eigenvalue weighted by Gasteiger charge is 2.20. The monoisotopic (exact) mass is 263 g/mol. The molecule has 0 aromatic rings. The van der Waals surface area contributed by atoms with Crippen LogP contribution in [0.1, 0.15) is 32.1 Å². The number of carbonyl (C=O) groups is 1. The van der Waals surface area contributed by atoms with Crippen molar-refractivity contribution in [1.82, 2.24) is 10.2 Å². The molecule has 2 aliphatic heterocycles. The number of hydrogen-bond acceptors (Lipinski definition) is 4. The molecule has 19 heavy (non-hydrogen) atoms. The quantitative estimate of drug-likeness (QED) is 0.611. The van der Waals surface area contributed by atoms with E-state index in [0.717, 1.165) is 45.4 Å². The van der Waals surface area contributed by atoms with Crippen LogP contribution in [0.15, 0.2) is 11.8 Å². The predicted molar refractivity (Wildman–Crippen MR) is 71.1 cm³/mol. The van der Waals surface area contributed by atoms with Gasteiger partial charge in [-0.25, -0.2) is 0 Å². The predicted octanol–water partition coefficient (Wildman–Crippen LogP) is 1.17. The van der Waals surface area contributed by atoms with Gasteiger partial charge < -0.3 is 15.0 Å². The maximum Gasteiger partial charge on any atom is 0.265 e. The largest absolute Gasteiger partial charge is 0.387 e. The van der Waals surface area contributed by atoms with E-state index in [2.05, 4.69) is 5.32 Å². The zero-order valence-electron chi connectivity index (χ0n) is 11.2. The van der Waals surface area contributed by atoms with Gasteiger partial charge in [-0.2, -0.15) is 5.26 Å². The van der Waals surface area contributed by atoms with E-state index in [1.807, 2.05) is 6.07 Å². The van der Waals surface area contributed by atoms with E-state index in [1.54, 1.807) is 11.1 Å². The minimum absolute atomic E-state index is 0.151. The first-order chi connectivity index (χ1) is 9.31. The molecule has 1 atom stereocenters. The molecule has 1 N–H and O–H groups in total. The molecule has 0 spiro atoms. The number of hydrogen-bond donors (Lipinski definition) is 1. The minimum Gasteiger partial charge on any atom is -0.387 e. The molecule has 0 saturated carbocycles. The highest BCUT2D eigenvalue weighted by molar-refractivity contribution is 5.97. The number of amides is 1. The second kappa shape index (κ2) is 7.15. The van der Waals surface area contributed by atoms with Gasteiger partial charge in [0.2, 0.25) is 0 Å². The molecule has 5 heteroatoms. The molecule has 0 radical (unpaired) electrons. The number of nitriles is 1. The van der Waals surface area contributed by atoms with E-state index in [4.69, 9.17) is 10.00 Å². The SMILES string of the molecule is N#C/C(=C/NCC1CCCO1)C(=O)N1CCCCC1. The number of nitrogens with one attached hydrogen (secondary N) is 1. The molecule has 0 aliphatic carbocycles. The van der Waals surface area contributed by atoms with Crippen molar-refractivity contribution in [3.05, 3.63) is 11.8 Å². The minimum atomic E-state index is -0.151. The van der Waals surface area contributed by atoms with Gasteiger partial charge in [0.1, 0.15) is 11.6 Å². The van der Waals surface area contributed by atoms with Gasteiger partial charge in [-0.15, -0.1) is 0 Å². The fourth-order valence-corrected chi connectivity index (χ4v) is 2.51. The van der Waals surface area contributed by atoms with E-state index < -0.39 is 0 Å². The Hall–Kier alpha value is -1.54. The van der Waals surface area contributed by atoms with E-state index in [9.17, 15) is 4.79 Å². The highest BCUT2D eigenvalue weighted by atomic mass is 16.5. The summed E-state index contributed by atoms with van der Waals surface area (Å²) in [7, 11) is 0. The molecule has 2 fully saturated rings. The van der Waals surface area contributed by atoms with Crippen molar-refractivity contribution >= 4 is 5.91 Å². The first-order valence-electron chi connectivity index (χ1n) is 7.06. The van der Waals surface area contributed by atoms with Crippen LogP contribution in [0.3, 0.4) is 0 Å². The summed E-state index contributed by atoms with van der Waals surface area (Å²) in [5.74, 6) is -0.151. The molecular formula is C14H21N3O2. The smallest absolute Gasteiger partial charge is 0.265 e. The Morgan fingerprint density at radius 1 is 1.37 bits per heavy atom. The summed E-state index contributed by atoms with van der Waals surface area (Å²) in [5, 5.41) is 12.1. The Kier molecular flexibility index (Phi) is 5.22.